The van der Waals surface area contributed by atoms with Gasteiger partial charge in [0.25, 0.3) is 0 Å². The quantitative estimate of drug-likeness (QED) is 0.382. The zero-order chi connectivity index (χ0) is 17.0. The van der Waals surface area contributed by atoms with E-state index in [4.69, 9.17) is 0 Å². The molecular formula is C16H9Br2F3OS. The van der Waals surface area contributed by atoms with Crippen LogP contribution in [-0.2, 0) is 4.79 Å². The summed E-state index contributed by atoms with van der Waals surface area (Å²) in [6.45, 7) is 0. The van der Waals surface area contributed by atoms with Crippen LogP contribution in [0.3, 0.4) is 0 Å². The molecule has 0 aromatic heterocycles. The number of benzene rings is 2. The topological polar surface area (TPSA) is 17.1 Å². The Labute approximate surface area is 152 Å². The Bertz CT molecular complexity index is 675. The molecule has 0 unspecified atom stereocenters. The highest BCUT2D eigenvalue weighted by Gasteiger charge is 2.32. The number of thioether (sulfide) groups is 1. The molecule has 120 valence electrons. The second kappa shape index (κ2) is 7.68. The first kappa shape index (κ1) is 18.3. The van der Waals surface area contributed by atoms with E-state index in [0.717, 1.165) is 8.95 Å². The van der Waals surface area contributed by atoms with E-state index < -0.39 is 17.3 Å². The van der Waals surface area contributed by atoms with Crippen molar-refractivity contribution in [2.45, 2.75) is 5.51 Å². The molecule has 0 aliphatic rings. The number of allylic oxidation sites excluding steroid dienone is 1. The first-order chi connectivity index (χ1) is 10.8. The number of carbonyl (C=O) groups excluding carboxylic acids is 1. The lowest BCUT2D eigenvalue weighted by atomic mass is 9.98. The number of carbonyl (C=O) groups is 1. The molecular weight excluding hydrogens is 457 g/mol. The van der Waals surface area contributed by atoms with Crippen molar-refractivity contribution in [3.8, 4) is 0 Å². The number of aldehydes is 1. The van der Waals surface area contributed by atoms with Gasteiger partial charge < -0.3 is 0 Å². The average Bonchev–Trinajstić information content (AvgIpc) is 2.49. The maximum atomic E-state index is 12.8. The van der Waals surface area contributed by atoms with Gasteiger partial charge in [0.15, 0.2) is 6.29 Å². The summed E-state index contributed by atoms with van der Waals surface area (Å²) in [4.78, 5) is 10.9. The first-order valence-corrected chi connectivity index (χ1v) is 8.67. The van der Waals surface area contributed by atoms with Crippen LogP contribution in [0.25, 0.3) is 5.57 Å². The highest BCUT2D eigenvalue weighted by molar-refractivity contribution is 9.10. The Kier molecular flexibility index (Phi) is 6.11. The molecule has 2 aromatic carbocycles. The van der Waals surface area contributed by atoms with E-state index in [2.05, 4.69) is 31.9 Å². The van der Waals surface area contributed by atoms with E-state index in [1.807, 2.05) is 0 Å². The van der Waals surface area contributed by atoms with E-state index in [1.54, 1.807) is 48.5 Å². The van der Waals surface area contributed by atoms with Crippen molar-refractivity contribution in [2.75, 3.05) is 0 Å². The Morgan fingerprint density at radius 2 is 1.26 bits per heavy atom. The lowest BCUT2D eigenvalue weighted by Gasteiger charge is -2.14. The van der Waals surface area contributed by atoms with Crippen LogP contribution < -0.4 is 0 Å². The lowest BCUT2D eigenvalue weighted by molar-refractivity contribution is -0.104. The summed E-state index contributed by atoms with van der Waals surface area (Å²) in [5, 5.41) is 0. The molecule has 1 nitrogen and oxygen atoms in total. The van der Waals surface area contributed by atoms with E-state index in [1.165, 1.54) is 0 Å². The van der Waals surface area contributed by atoms with Gasteiger partial charge in [-0.1, -0.05) is 56.1 Å². The van der Waals surface area contributed by atoms with Crippen molar-refractivity contribution in [1.29, 1.82) is 0 Å². The molecule has 2 aromatic rings. The third-order valence-corrected chi connectivity index (χ3v) is 4.65. The Balaban J connectivity index is 2.65. The zero-order valence-electron chi connectivity index (χ0n) is 11.4. The third kappa shape index (κ3) is 5.22. The van der Waals surface area contributed by atoms with Crippen LogP contribution in [0.1, 0.15) is 11.1 Å². The molecule has 0 atom stereocenters. The van der Waals surface area contributed by atoms with Gasteiger partial charge in [0.2, 0.25) is 0 Å². The predicted octanol–water partition coefficient (Wildman–Crippen LogP) is 6.42. The number of halogens is 5. The van der Waals surface area contributed by atoms with E-state index in [0.29, 0.717) is 11.1 Å². The van der Waals surface area contributed by atoms with Crippen LogP contribution in [0, 0.1) is 0 Å². The van der Waals surface area contributed by atoms with E-state index >= 15 is 0 Å². The van der Waals surface area contributed by atoms with Crippen molar-refractivity contribution < 1.29 is 18.0 Å². The highest BCUT2D eigenvalue weighted by atomic mass is 79.9. The SMILES string of the molecule is O=CC(SC(F)(F)F)=C(c1ccc(Br)cc1)c1ccc(Br)cc1. The molecule has 0 saturated carbocycles. The fraction of sp³-hybridized carbons (Fsp3) is 0.0625. The summed E-state index contributed by atoms with van der Waals surface area (Å²) in [5.74, 6) is 0. The molecule has 0 heterocycles. The third-order valence-electron chi connectivity index (χ3n) is 2.84. The molecule has 0 aliphatic heterocycles. The number of hydrogen-bond acceptors (Lipinski definition) is 2. The van der Waals surface area contributed by atoms with Crippen LogP contribution in [-0.4, -0.2) is 11.8 Å². The lowest BCUT2D eigenvalue weighted by Crippen LogP contribution is -2.04. The van der Waals surface area contributed by atoms with Crippen molar-refractivity contribution in [3.63, 3.8) is 0 Å². The average molecular weight is 466 g/mol. The fourth-order valence-corrected chi connectivity index (χ4v) is 3.11. The molecule has 0 aliphatic carbocycles. The van der Waals surface area contributed by atoms with Gasteiger partial charge in [-0.15, -0.1) is 0 Å². The van der Waals surface area contributed by atoms with Gasteiger partial charge in [-0.3, -0.25) is 4.79 Å². The van der Waals surface area contributed by atoms with Gasteiger partial charge >= 0.3 is 5.51 Å². The monoisotopic (exact) mass is 464 g/mol. The summed E-state index contributed by atoms with van der Waals surface area (Å²) in [5.41, 5.74) is -3.21. The molecule has 0 radical (unpaired) electrons. The van der Waals surface area contributed by atoms with Gasteiger partial charge in [-0.2, -0.15) is 13.2 Å². The van der Waals surface area contributed by atoms with Gasteiger partial charge in [-0.25, -0.2) is 0 Å². The maximum Gasteiger partial charge on any atom is 0.446 e. The van der Waals surface area contributed by atoms with Crippen LogP contribution in [0.4, 0.5) is 13.2 Å². The number of alkyl halides is 3. The largest absolute Gasteiger partial charge is 0.446 e. The minimum Gasteiger partial charge on any atom is -0.297 e. The molecule has 0 saturated heterocycles. The molecule has 0 N–H and O–H groups in total. The van der Waals surface area contributed by atoms with Crippen molar-refractivity contribution >= 4 is 55.5 Å². The highest BCUT2D eigenvalue weighted by Crippen LogP contribution is 2.41. The van der Waals surface area contributed by atoms with Gasteiger partial charge in [0.1, 0.15) is 0 Å². The molecule has 0 amide bonds. The first-order valence-electron chi connectivity index (χ1n) is 6.27. The number of hydrogen-bond donors (Lipinski definition) is 0. The van der Waals surface area contributed by atoms with Gasteiger partial charge in [0, 0.05) is 14.5 Å². The minimum absolute atomic E-state index is 0.248. The van der Waals surface area contributed by atoms with Crippen molar-refractivity contribution in [2.24, 2.45) is 0 Å². The van der Waals surface area contributed by atoms with Crippen molar-refractivity contribution in [1.82, 2.24) is 0 Å². The number of rotatable bonds is 4. The summed E-state index contributed by atoms with van der Waals surface area (Å²) >= 11 is 6.17. The maximum absolute atomic E-state index is 12.8. The fourth-order valence-electron chi connectivity index (χ4n) is 1.94. The van der Waals surface area contributed by atoms with E-state index in [-0.39, 0.29) is 16.8 Å². The van der Waals surface area contributed by atoms with Crippen molar-refractivity contribution in [3.05, 3.63) is 73.5 Å². The van der Waals surface area contributed by atoms with Crippen LogP contribution in [0.5, 0.6) is 0 Å². The summed E-state index contributed by atoms with van der Waals surface area (Å²) in [6.07, 6.45) is 0.248. The Morgan fingerprint density at radius 3 is 1.57 bits per heavy atom. The van der Waals surface area contributed by atoms with E-state index in [9.17, 15) is 18.0 Å². The van der Waals surface area contributed by atoms with Crippen LogP contribution in [0.2, 0.25) is 0 Å². The van der Waals surface area contributed by atoms with Gasteiger partial charge in [-0.05, 0) is 47.2 Å². The molecule has 23 heavy (non-hydrogen) atoms. The Hall–Kier alpha value is -1.05. The standard InChI is InChI=1S/C16H9Br2F3OS/c17-12-5-1-10(2-6-12)15(11-3-7-13(18)8-4-11)14(9-22)23-16(19,20)21/h1-9H. The van der Waals surface area contributed by atoms with Gasteiger partial charge in [0.05, 0.1) is 4.91 Å². The summed E-state index contributed by atoms with van der Waals surface area (Å²) in [7, 11) is 0. The Morgan fingerprint density at radius 1 is 0.870 bits per heavy atom. The minimum atomic E-state index is -4.54. The molecule has 2 rings (SSSR count). The smallest absolute Gasteiger partial charge is 0.297 e. The predicted molar refractivity (Wildman–Crippen MR) is 94.0 cm³/mol. The molecule has 0 fully saturated rings. The summed E-state index contributed by atoms with van der Waals surface area (Å²) in [6, 6.07) is 13.5. The van der Waals surface area contributed by atoms with Crippen LogP contribution >= 0.6 is 43.6 Å². The molecule has 7 heteroatoms. The molecule has 0 bridgehead atoms. The second-order valence-corrected chi connectivity index (χ2v) is 7.36. The second-order valence-electron chi connectivity index (χ2n) is 4.42. The molecule has 0 spiro atoms. The zero-order valence-corrected chi connectivity index (χ0v) is 15.4. The van der Waals surface area contributed by atoms with Crippen LogP contribution in [0.15, 0.2) is 62.4 Å². The summed E-state index contributed by atoms with van der Waals surface area (Å²) < 4.78 is 39.9. The normalized spacial score (nSPS) is 11.2.